The molecule has 0 unspecified atom stereocenters. The fourth-order valence-electron chi connectivity index (χ4n) is 2.31. The lowest BCUT2D eigenvalue weighted by molar-refractivity contribution is 0.493. The van der Waals surface area contributed by atoms with Gasteiger partial charge in [-0.1, -0.05) is 23.2 Å². The van der Waals surface area contributed by atoms with Crippen molar-refractivity contribution in [2.75, 3.05) is 0 Å². The van der Waals surface area contributed by atoms with Crippen LogP contribution >= 0.6 is 23.2 Å². The highest BCUT2D eigenvalue weighted by Crippen LogP contribution is 2.27. The van der Waals surface area contributed by atoms with Gasteiger partial charge in [-0.05, 0) is 25.0 Å². The second kappa shape index (κ2) is 4.00. The number of hydrogen-bond donors (Lipinski definition) is 1. The Morgan fingerprint density at radius 2 is 1.94 bits per heavy atom. The Bertz CT molecular complexity index is 661. The second-order valence-corrected chi connectivity index (χ2v) is 5.05. The minimum absolute atomic E-state index is 0.428. The molecule has 0 saturated heterocycles. The molecule has 0 atom stereocenters. The number of halogens is 2. The second-order valence-electron chi connectivity index (χ2n) is 4.24. The van der Waals surface area contributed by atoms with E-state index >= 15 is 0 Å². The van der Waals surface area contributed by atoms with Gasteiger partial charge in [-0.2, -0.15) is 0 Å². The van der Waals surface area contributed by atoms with Gasteiger partial charge < -0.3 is 4.57 Å². The predicted octanol–water partition coefficient (Wildman–Crippen LogP) is 3.16. The smallest absolute Gasteiger partial charge is 0.137 e. The molecule has 5 heteroatoms. The van der Waals surface area contributed by atoms with Crippen molar-refractivity contribution in [3.8, 4) is 0 Å². The summed E-state index contributed by atoms with van der Waals surface area (Å²) in [5, 5.41) is 10.00. The molecule has 0 aliphatic carbocycles. The monoisotopic (exact) mass is 267 g/mol. The molecule has 0 amide bonds. The van der Waals surface area contributed by atoms with Crippen molar-refractivity contribution in [2.45, 2.75) is 25.8 Å². The van der Waals surface area contributed by atoms with Gasteiger partial charge in [0.2, 0.25) is 0 Å². The predicted molar refractivity (Wildman–Crippen MR) is 68.5 cm³/mol. The van der Waals surface area contributed by atoms with Gasteiger partial charge in [-0.3, -0.25) is 5.41 Å². The van der Waals surface area contributed by atoms with Crippen LogP contribution in [0.15, 0.2) is 12.1 Å². The van der Waals surface area contributed by atoms with Gasteiger partial charge >= 0.3 is 0 Å². The number of benzene rings is 1. The van der Waals surface area contributed by atoms with Gasteiger partial charge in [-0.15, -0.1) is 0 Å². The van der Waals surface area contributed by atoms with E-state index in [1.807, 2.05) is 4.57 Å². The number of fused-ring (bicyclic) bond motifs is 2. The van der Waals surface area contributed by atoms with Crippen molar-refractivity contribution in [1.82, 2.24) is 9.55 Å². The van der Waals surface area contributed by atoms with Gasteiger partial charge in [-0.25, -0.2) is 4.98 Å². The van der Waals surface area contributed by atoms with Crippen molar-refractivity contribution in [2.24, 2.45) is 0 Å². The molecular weight excluding hydrogens is 257 g/mol. The molecule has 0 spiro atoms. The molecule has 1 aromatic heterocycles. The molecule has 17 heavy (non-hydrogen) atoms. The number of rotatable bonds is 0. The third-order valence-electron chi connectivity index (χ3n) is 3.17. The summed E-state index contributed by atoms with van der Waals surface area (Å²) in [7, 11) is 0. The molecule has 1 aliphatic rings. The lowest BCUT2D eigenvalue weighted by atomic mass is 10.1. The van der Waals surface area contributed by atoms with E-state index in [2.05, 4.69) is 4.98 Å². The summed E-state index contributed by atoms with van der Waals surface area (Å²) in [5.41, 5.74) is 1.08. The Hall–Kier alpha value is -1.06. The number of aryl methyl sites for hydroxylation is 1. The standard InChI is InChI=1S/C12H11Cl2N3/c13-7-4-5-8(14)11-10(7)12(15)17-6-2-1-3-9(17)16-11/h4-5,15H,1-3,6H2. The minimum Gasteiger partial charge on any atom is -0.314 e. The van der Waals surface area contributed by atoms with Crippen LogP contribution in [0.1, 0.15) is 18.7 Å². The number of hydrogen-bond acceptors (Lipinski definition) is 2. The van der Waals surface area contributed by atoms with Crippen LogP contribution in [0.4, 0.5) is 0 Å². The Morgan fingerprint density at radius 3 is 2.76 bits per heavy atom. The zero-order valence-electron chi connectivity index (χ0n) is 9.13. The molecule has 88 valence electrons. The summed E-state index contributed by atoms with van der Waals surface area (Å²) >= 11 is 12.3. The first-order valence-electron chi connectivity index (χ1n) is 5.60. The maximum atomic E-state index is 8.23. The third-order valence-corrected chi connectivity index (χ3v) is 3.79. The van der Waals surface area contributed by atoms with Gasteiger partial charge in [0, 0.05) is 13.0 Å². The largest absolute Gasteiger partial charge is 0.314 e. The Labute approximate surface area is 109 Å². The Morgan fingerprint density at radius 1 is 1.18 bits per heavy atom. The highest BCUT2D eigenvalue weighted by Gasteiger charge is 2.15. The molecule has 2 heterocycles. The van der Waals surface area contributed by atoms with Crippen LogP contribution in [0.3, 0.4) is 0 Å². The Kier molecular flexibility index (Phi) is 2.60. The fourth-order valence-corrected chi connectivity index (χ4v) is 2.76. The molecule has 1 aromatic carbocycles. The molecule has 1 aliphatic heterocycles. The van der Waals surface area contributed by atoms with E-state index in [9.17, 15) is 0 Å². The molecule has 2 aromatic rings. The average molecular weight is 268 g/mol. The first-order chi connectivity index (χ1) is 8.18. The number of nitrogens with zero attached hydrogens (tertiary/aromatic N) is 2. The van der Waals surface area contributed by atoms with Crippen molar-refractivity contribution in [1.29, 1.82) is 5.41 Å². The van der Waals surface area contributed by atoms with Crippen LogP contribution in [0.25, 0.3) is 10.9 Å². The molecule has 0 fully saturated rings. The van der Waals surface area contributed by atoms with Gasteiger partial charge in [0.1, 0.15) is 11.3 Å². The van der Waals surface area contributed by atoms with Crippen molar-refractivity contribution < 1.29 is 0 Å². The summed E-state index contributed by atoms with van der Waals surface area (Å²) in [5.74, 6) is 0.943. The van der Waals surface area contributed by atoms with Crippen LogP contribution in [-0.4, -0.2) is 9.55 Å². The first kappa shape index (κ1) is 11.1. The zero-order chi connectivity index (χ0) is 12.0. The van der Waals surface area contributed by atoms with E-state index < -0.39 is 0 Å². The van der Waals surface area contributed by atoms with E-state index in [0.717, 1.165) is 31.6 Å². The van der Waals surface area contributed by atoms with Crippen molar-refractivity contribution in [3.05, 3.63) is 33.5 Å². The normalized spacial score (nSPS) is 14.9. The number of nitrogens with one attached hydrogen (secondary N) is 1. The van der Waals surface area contributed by atoms with Crippen LogP contribution < -0.4 is 5.49 Å². The summed E-state index contributed by atoms with van der Waals surface area (Å²) in [6, 6.07) is 3.46. The molecule has 0 radical (unpaired) electrons. The van der Waals surface area contributed by atoms with Gasteiger partial charge in [0.05, 0.1) is 20.9 Å². The van der Waals surface area contributed by atoms with Gasteiger partial charge in [0.25, 0.3) is 0 Å². The van der Waals surface area contributed by atoms with Crippen LogP contribution in [-0.2, 0) is 13.0 Å². The molecule has 0 saturated carbocycles. The maximum Gasteiger partial charge on any atom is 0.137 e. The molecular formula is C12H11Cl2N3. The Balaban J connectivity index is 2.48. The minimum atomic E-state index is 0.428. The van der Waals surface area contributed by atoms with Crippen molar-refractivity contribution in [3.63, 3.8) is 0 Å². The SMILES string of the molecule is N=c1c2c(Cl)ccc(Cl)c2nc2n1CCCC2. The lowest BCUT2D eigenvalue weighted by Gasteiger charge is -2.19. The fraction of sp³-hybridized carbons (Fsp3) is 0.333. The van der Waals surface area contributed by atoms with Crippen LogP contribution in [0.2, 0.25) is 10.0 Å². The van der Waals surface area contributed by atoms with Crippen molar-refractivity contribution >= 4 is 34.1 Å². The topological polar surface area (TPSA) is 41.7 Å². The molecule has 0 bridgehead atoms. The highest BCUT2D eigenvalue weighted by molar-refractivity contribution is 6.39. The van der Waals surface area contributed by atoms with Crippen LogP contribution in [0.5, 0.6) is 0 Å². The molecule has 3 nitrogen and oxygen atoms in total. The first-order valence-corrected chi connectivity index (χ1v) is 6.36. The zero-order valence-corrected chi connectivity index (χ0v) is 10.6. The molecule has 3 rings (SSSR count). The van der Waals surface area contributed by atoms with E-state index in [0.29, 0.717) is 26.4 Å². The van der Waals surface area contributed by atoms with E-state index in [1.54, 1.807) is 12.1 Å². The quantitative estimate of drug-likeness (QED) is 0.783. The van der Waals surface area contributed by atoms with E-state index in [-0.39, 0.29) is 0 Å². The number of aromatic nitrogens is 2. The van der Waals surface area contributed by atoms with Crippen LogP contribution in [0, 0.1) is 5.41 Å². The average Bonchev–Trinajstić information content (AvgIpc) is 2.34. The maximum absolute atomic E-state index is 8.23. The summed E-state index contributed by atoms with van der Waals surface area (Å²) in [6.45, 7) is 0.847. The summed E-state index contributed by atoms with van der Waals surface area (Å²) in [6.07, 6.45) is 3.12. The third kappa shape index (κ3) is 1.65. The molecule has 1 N–H and O–H groups in total. The summed E-state index contributed by atoms with van der Waals surface area (Å²) < 4.78 is 1.94. The summed E-state index contributed by atoms with van der Waals surface area (Å²) in [4.78, 5) is 4.56. The van der Waals surface area contributed by atoms with Gasteiger partial charge in [0.15, 0.2) is 0 Å². The highest BCUT2D eigenvalue weighted by atomic mass is 35.5. The van der Waals surface area contributed by atoms with E-state index in [4.69, 9.17) is 28.6 Å². The van der Waals surface area contributed by atoms with E-state index in [1.165, 1.54) is 0 Å². The lowest BCUT2D eigenvalue weighted by Crippen LogP contribution is -2.28.